The van der Waals surface area contributed by atoms with Gasteiger partial charge in [-0.25, -0.2) is 0 Å². The van der Waals surface area contributed by atoms with E-state index in [1.165, 1.54) is 0 Å². The Kier molecular flexibility index (Phi) is 2.83. The highest BCUT2D eigenvalue weighted by atomic mass is 35.5. The van der Waals surface area contributed by atoms with E-state index in [0.29, 0.717) is 6.54 Å². The SMILES string of the molecule is O=C(Cl)c1ccn(Cc2ccccc2)n1. The molecule has 1 aromatic carbocycles. The third-order valence-electron chi connectivity index (χ3n) is 2.03. The molecule has 0 fully saturated rings. The van der Waals surface area contributed by atoms with E-state index in [2.05, 4.69) is 5.10 Å². The first-order chi connectivity index (χ1) is 7.25. The first-order valence-corrected chi connectivity index (χ1v) is 4.91. The van der Waals surface area contributed by atoms with Crippen LogP contribution in [0.4, 0.5) is 0 Å². The fourth-order valence-electron chi connectivity index (χ4n) is 1.33. The summed E-state index contributed by atoms with van der Waals surface area (Å²) in [5.74, 6) is 0. The predicted molar refractivity (Wildman–Crippen MR) is 58.0 cm³/mol. The first-order valence-electron chi connectivity index (χ1n) is 4.53. The quantitative estimate of drug-likeness (QED) is 0.744. The van der Waals surface area contributed by atoms with Crippen molar-refractivity contribution in [3.8, 4) is 0 Å². The van der Waals surface area contributed by atoms with Gasteiger partial charge >= 0.3 is 0 Å². The number of aromatic nitrogens is 2. The van der Waals surface area contributed by atoms with Gasteiger partial charge in [0.15, 0.2) is 0 Å². The van der Waals surface area contributed by atoms with Crippen LogP contribution >= 0.6 is 11.6 Å². The van der Waals surface area contributed by atoms with Crippen molar-refractivity contribution in [2.75, 3.05) is 0 Å². The van der Waals surface area contributed by atoms with Crippen LogP contribution in [-0.4, -0.2) is 15.0 Å². The Bertz CT molecular complexity index is 464. The van der Waals surface area contributed by atoms with E-state index in [1.54, 1.807) is 16.9 Å². The van der Waals surface area contributed by atoms with Crippen LogP contribution in [-0.2, 0) is 6.54 Å². The molecule has 0 saturated carbocycles. The van der Waals surface area contributed by atoms with Crippen LogP contribution in [0.3, 0.4) is 0 Å². The number of hydrogen-bond acceptors (Lipinski definition) is 2. The van der Waals surface area contributed by atoms with Gasteiger partial charge in [-0.3, -0.25) is 9.48 Å². The van der Waals surface area contributed by atoms with Gasteiger partial charge in [-0.1, -0.05) is 30.3 Å². The average Bonchev–Trinajstić information content (AvgIpc) is 2.68. The van der Waals surface area contributed by atoms with Crippen LogP contribution in [0, 0.1) is 0 Å². The molecule has 0 atom stereocenters. The summed E-state index contributed by atoms with van der Waals surface area (Å²) in [5, 5.41) is 3.51. The topological polar surface area (TPSA) is 34.9 Å². The van der Waals surface area contributed by atoms with Crippen LogP contribution in [0.25, 0.3) is 0 Å². The molecule has 1 aromatic heterocycles. The zero-order valence-corrected chi connectivity index (χ0v) is 8.69. The molecule has 0 aliphatic rings. The van der Waals surface area contributed by atoms with Crippen molar-refractivity contribution < 1.29 is 4.79 Å². The lowest BCUT2D eigenvalue weighted by molar-refractivity contribution is 0.107. The molecule has 76 valence electrons. The maximum Gasteiger partial charge on any atom is 0.272 e. The largest absolute Gasteiger partial charge is 0.274 e. The normalized spacial score (nSPS) is 10.2. The molecule has 0 aliphatic carbocycles. The Morgan fingerprint density at radius 3 is 2.60 bits per heavy atom. The Hall–Kier alpha value is -1.61. The lowest BCUT2D eigenvalue weighted by Gasteiger charge is -2.00. The number of hydrogen-bond donors (Lipinski definition) is 0. The van der Waals surface area contributed by atoms with Gasteiger partial charge in [0.2, 0.25) is 0 Å². The molecule has 1 heterocycles. The summed E-state index contributed by atoms with van der Waals surface area (Å²) in [6, 6.07) is 11.5. The standard InChI is InChI=1S/C11H9ClN2O/c12-11(15)10-6-7-14(13-10)8-9-4-2-1-3-5-9/h1-7H,8H2. The van der Waals surface area contributed by atoms with Crippen LogP contribution < -0.4 is 0 Å². The number of carbonyl (C=O) groups is 1. The number of rotatable bonds is 3. The van der Waals surface area contributed by atoms with E-state index in [4.69, 9.17) is 11.6 Å². The minimum Gasteiger partial charge on any atom is -0.274 e. The summed E-state index contributed by atoms with van der Waals surface area (Å²) in [6.45, 7) is 0.644. The summed E-state index contributed by atoms with van der Waals surface area (Å²) in [7, 11) is 0. The van der Waals surface area contributed by atoms with Gasteiger partial charge in [-0.2, -0.15) is 5.10 Å². The van der Waals surface area contributed by atoms with Crippen molar-refractivity contribution in [3.63, 3.8) is 0 Å². The number of nitrogens with zero attached hydrogens (tertiary/aromatic N) is 2. The zero-order valence-electron chi connectivity index (χ0n) is 7.93. The Balaban J connectivity index is 2.15. The van der Waals surface area contributed by atoms with Gasteiger partial charge in [0.05, 0.1) is 6.54 Å². The molecule has 0 saturated heterocycles. The maximum atomic E-state index is 10.8. The molecule has 2 rings (SSSR count). The third-order valence-corrected chi connectivity index (χ3v) is 2.22. The predicted octanol–water partition coefficient (Wildman–Crippen LogP) is 2.31. The second-order valence-electron chi connectivity index (χ2n) is 3.16. The van der Waals surface area contributed by atoms with Crippen molar-refractivity contribution in [1.29, 1.82) is 0 Å². The van der Waals surface area contributed by atoms with Gasteiger partial charge < -0.3 is 0 Å². The van der Waals surface area contributed by atoms with E-state index in [0.717, 1.165) is 5.56 Å². The Morgan fingerprint density at radius 2 is 2.00 bits per heavy atom. The van der Waals surface area contributed by atoms with Crippen molar-refractivity contribution in [2.45, 2.75) is 6.54 Å². The van der Waals surface area contributed by atoms with Crippen molar-refractivity contribution in [2.24, 2.45) is 0 Å². The second-order valence-corrected chi connectivity index (χ2v) is 3.50. The number of halogens is 1. The Morgan fingerprint density at radius 1 is 1.27 bits per heavy atom. The van der Waals surface area contributed by atoms with E-state index in [1.807, 2.05) is 30.3 Å². The lowest BCUT2D eigenvalue weighted by atomic mass is 10.2. The van der Waals surface area contributed by atoms with Gasteiger partial charge in [0.1, 0.15) is 5.69 Å². The molecule has 3 nitrogen and oxygen atoms in total. The highest BCUT2D eigenvalue weighted by Gasteiger charge is 2.05. The molecule has 0 N–H and O–H groups in total. The van der Waals surface area contributed by atoms with Gasteiger partial charge in [-0.05, 0) is 23.2 Å². The Labute approximate surface area is 92.3 Å². The fraction of sp³-hybridized carbons (Fsp3) is 0.0909. The van der Waals surface area contributed by atoms with Gasteiger partial charge in [-0.15, -0.1) is 0 Å². The molecule has 2 aromatic rings. The third kappa shape index (κ3) is 2.44. The maximum absolute atomic E-state index is 10.8. The molecule has 0 amide bonds. The summed E-state index contributed by atoms with van der Waals surface area (Å²) in [4.78, 5) is 10.8. The van der Waals surface area contributed by atoms with Gasteiger partial charge in [0.25, 0.3) is 5.24 Å². The molecular formula is C11H9ClN2O. The fourth-order valence-corrected chi connectivity index (χ4v) is 1.43. The minimum absolute atomic E-state index is 0.285. The molecular weight excluding hydrogens is 212 g/mol. The summed E-state index contributed by atoms with van der Waals surface area (Å²) in [5.41, 5.74) is 1.42. The zero-order chi connectivity index (χ0) is 10.7. The lowest BCUT2D eigenvalue weighted by Crippen LogP contribution is -2.01. The molecule has 4 heteroatoms. The number of carbonyl (C=O) groups excluding carboxylic acids is 1. The molecule has 0 bridgehead atoms. The van der Waals surface area contributed by atoms with Crippen LogP contribution in [0.15, 0.2) is 42.6 Å². The van der Waals surface area contributed by atoms with E-state index < -0.39 is 5.24 Å². The molecule has 0 spiro atoms. The van der Waals surface area contributed by atoms with E-state index in [-0.39, 0.29) is 5.69 Å². The highest BCUT2D eigenvalue weighted by molar-refractivity contribution is 6.67. The van der Waals surface area contributed by atoms with Crippen molar-refractivity contribution >= 4 is 16.8 Å². The van der Waals surface area contributed by atoms with Crippen LogP contribution in [0.1, 0.15) is 16.1 Å². The molecule has 0 aliphatic heterocycles. The highest BCUT2D eigenvalue weighted by Crippen LogP contribution is 2.04. The van der Waals surface area contributed by atoms with E-state index >= 15 is 0 Å². The van der Waals surface area contributed by atoms with Crippen molar-refractivity contribution in [1.82, 2.24) is 9.78 Å². The minimum atomic E-state index is -0.526. The van der Waals surface area contributed by atoms with E-state index in [9.17, 15) is 4.79 Å². The van der Waals surface area contributed by atoms with Gasteiger partial charge in [0, 0.05) is 6.20 Å². The number of benzene rings is 1. The first kappa shape index (κ1) is 9.93. The molecule has 0 radical (unpaired) electrons. The van der Waals surface area contributed by atoms with Crippen molar-refractivity contribution in [3.05, 3.63) is 53.9 Å². The summed E-state index contributed by atoms with van der Waals surface area (Å²) in [6.07, 6.45) is 1.74. The van der Waals surface area contributed by atoms with Crippen LogP contribution in [0.2, 0.25) is 0 Å². The smallest absolute Gasteiger partial charge is 0.272 e. The second kappa shape index (κ2) is 4.28. The average molecular weight is 221 g/mol. The molecule has 15 heavy (non-hydrogen) atoms. The molecule has 0 unspecified atom stereocenters. The summed E-state index contributed by atoms with van der Waals surface area (Å²) >= 11 is 5.30. The van der Waals surface area contributed by atoms with Crippen LogP contribution in [0.5, 0.6) is 0 Å². The monoisotopic (exact) mass is 220 g/mol. The summed E-state index contributed by atoms with van der Waals surface area (Å²) < 4.78 is 1.69.